The Morgan fingerprint density at radius 3 is 2.55 bits per heavy atom. The lowest BCUT2D eigenvalue weighted by molar-refractivity contribution is 0.597. The average molecular weight is 282 g/mol. The minimum atomic E-state index is -1.48. The summed E-state index contributed by atoms with van der Waals surface area (Å²) >= 11 is 0.629. The van der Waals surface area contributed by atoms with Gasteiger partial charge < -0.3 is 10.3 Å². The van der Waals surface area contributed by atoms with Gasteiger partial charge in [-0.1, -0.05) is 0 Å². The summed E-state index contributed by atoms with van der Waals surface area (Å²) in [5, 5.41) is 5.17. The molecule has 0 aliphatic heterocycles. The Hall–Kier alpha value is 0.0200. The van der Waals surface area contributed by atoms with Crippen molar-refractivity contribution < 1.29 is 4.55 Å². The summed E-state index contributed by atoms with van der Waals surface area (Å²) in [6.45, 7) is 0. The SMILES string of the molecule is Nc1ccc(I)cc1[S@+](N)[O-]. The molecule has 1 atom stereocenters. The van der Waals surface area contributed by atoms with Crippen molar-refractivity contribution in [1.82, 2.24) is 0 Å². The highest BCUT2D eigenvalue weighted by Crippen LogP contribution is 2.19. The molecule has 0 saturated heterocycles. The van der Waals surface area contributed by atoms with Gasteiger partial charge in [-0.05, 0) is 34.7 Å². The van der Waals surface area contributed by atoms with Crippen molar-refractivity contribution in [2.45, 2.75) is 4.90 Å². The molecule has 11 heavy (non-hydrogen) atoms. The van der Waals surface area contributed by atoms with Crippen molar-refractivity contribution in [2.75, 3.05) is 5.73 Å². The Balaban J connectivity index is 3.13. The molecular weight excluding hydrogens is 275 g/mol. The zero-order chi connectivity index (χ0) is 8.43. The van der Waals surface area contributed by atoms with E-state index in [4.69, 9.17) is 10.9 Å². The summed E-state index contributed by atoms with van der Waals surface area (Å²) in [5.74, 6) is 0. The molecule has 3 nitrogen and oxygen atoms in total. The number of hydrogen-bond acceptors (Lipinski definition) is 3. The van der Waals surface area contributed by atoms with E-state index in [-0.39, 0.29) is 0 Å². The van der Waals surface area contributed by atoms with E-state index in [9.17, 15) is 4.55 Å². The molecule has 1 aromatic carbocycles. The molecule has 1 aromatic rings. The van der Waals surface area contributed by atoms with E-state index in [1.807, 2.05) is 6.07 Å². The normalized spacial score (nSPS) is 13.0. The van der Waals surface area contributed by atoms with Crippen molar-refractivity contribution in [2.24, 2.45) is 5.14 Å². The molecular formula is C6H7IN2OS. The molecule has 0 bridgehead atoms. The minimum Gasteiger partial charge on any atom is -0.593 e. The average Bonchev–Trinajstić information content (AvgIpc) is 1.94. The van der Waals surface area contributed by atoms with Crippen LogP contribution < -0.4 is 10.9 Å². The van der Waals surface area contributed by atoms with Crippen LogP contribution in [-0.2, 0) is 11.4 Å². The van der Waals surface area contributed by atoms with Crippen molar-refractivity contribution >= 4 is 39.6 Å². The van der Waals surface area contributed by atoms with Crippen LogP contribution in [0.2, 0.25) is 0 Å². The van der Waals surface area contributed by atoms with Crippen LogP contribution in [0.25, 0.3) is 0 Å². The molecule has 0 aromatic heterocycles. The first-order chi connectivity index (χ1) is 5.11. The first-order valence-electron chi connectivity index (χ1n) is 2.82. The maximum atomic E-state index is 10.8. The van der Waals surface area contributed by atoms with E-state index in [0.29, 0.717) is 10.6 Å². The van der Waals surface area contributed by atoms with Gasteiger partial charge in [0.15, 0.2) is 4.90 Å². The van der Waals surface area contributed by atoms with Gasteiger partial charge in [-0.15, -0.1) is 5.14 Å². The number of nitrogen functional groups attached to an aromatic ring is 1. The van der Waals surface area contributed by atoms with Crippen LogP contribution in [0.4, 0.5) is 5.69 Å². The Labute approximate surface area is 81.6 Å². The molecule has 0 radical (unpaired) electrons. The summed E-state index contributed by atoms with van der Waals surface area (Å²) in [7, 11) is 0. The maximum Gasteiger partial charge on any atom is 0.197 e. The van der Waals surface area contributed by atoms with Gasteiger partial charge in [-0.3, -0.25) is 0 Å². The molecule has 0 fully saturated rings. The Bertz CT molecular complexity index is 267. The molecule has 0 spiro atoms. The minimum absolute atomic E-state index is 0.478. The molecule has 0 heterocycles. The predicted octanol–water partition coefficient (Wildman–Crippen LogP) is 0.855. The summed E-state index contributed by atoms with van der Waals surface area (Å²) < 4.78 is 11.8. The lowest BCUT2D eigenvalue weighted by Crippen LogP contribution is -2.14. The second-order valence-corrected chi connectivity index (χ2v) is 4.26. The second kappa shape index (κ2) is 3.61. The fourth-order valence-electron chi connectivity index (χ4n) is 0.682. The highest BCUT2D eigenvalue weighted by molar-refractivity contribution is 14.1. The smallest absolute Gasteiger partial charge is 0.197 e. The van der Waals surface area contributed by atoms with Crippen molar-refractivity contribution in [1.29, 1.82) is 0 Å². The number of hydrogen-bond donors (Lipinski definition) is 2. The van der Waals surface area contributed by atoms with Gasteiger partial charge in [0.05, 0.1) is 17.0 Å². The fourth-order valence-corrected chi connectivity index (χ4v) is 1.93. The number of halogens is 1. The molecule has 60 valence electrons. The van der Waals surface area contributed by atoms with Crippen molar-refractivity contribution in [3.05, 3.63) is 21.8 Å². The quantitative estimate of drug-likeness (QED) is 0.455. The van der Waals surface area contributed by atoms with Crippen LogP contribution in [0, 0.1) is 3.57 Å². The van der Waals surface area contributed by atoms with Gasteiger partial charge in [-0.25, -0.2) is 0 Å². The largest absolute Gasteiger partial charge is 0.593 e. The molecule has 5 heteroatoms. The van der Waals surface area contributed by atoms with Crippen LogP contribution in [0.3, 0.4) is 0 Å². The van der Waals surface area contributed by atoms with E-state index in [1.165, 1.54) is 0 Å². The zero-order valence-electron chi connectivity index (χ0n) is 5.58. The number of benzene rings is 1. The van der Waals surface area contributed by atoms with Crippen molar-refractivity contribution in [3.63, 3.8) is 0 Å². The second-order valence-electron chi connectivity index (χ2n) is 1.98. The highest BCUT2D eigenvalue weighted by Gasteiger charge is 2.10. The standard InChI is InChI=1S/C6H7IN2OS/c7-4-1-2-5(8)6(3-4)11(9)10/h1-3H,8-9H2/t11-/m1/s1. The molecule has 0 unspecified atom stereocenters. The number of rotatable bonds is 1. The lowest BCUT2D eigenvalue weighted by atomic mass is 10.3. The van der Waals surface area contributed by atoms with Crippen LogP contribution in [0.15, 0.2) is 23.1 Å². The van der Waals surface area contributed by atoms with E-state index in [2.05, 4.69) is 22.6 Å². The van der Waals surface area contributed by atoms with Crippen LogP contribution >= 0.6 is 22.6 Å². The molecule has 0 aliphatic carbocycles. The third kappa shape index (κ3) is 2.22. The van der Waals surface area contributed by atoms with Gasteiger partial charge in [0.25, 0.3) is 0 Å². The van der Waals surface area contributed by atoms with Crippen LogP contribution in [0.1, 0.15) is 0 Å². The summed E-state index contributed by atoms with van der Waals surface area (Å²) in [4.78, 5) is 0.497. The lowest BCUT2D eigenvalue weighted by Gasteiger charge is -2.05. The van der Waals surface area contributed by atoms with Gasteiger partial charge in [0.2, 0.25) is 0 Å². The van der Waals surface area contributed by atoms with E-state index in [0.717, 1.165) is 3.57 Å². The van der Waals surface area contributed by atoms with E-state index in [1.54, 1.807) is 12.1 Å². The molecule has 4 N–H and O–H groups in total. The maximum absolute atomic E-state index is 10.8. The Morgan fingerprint density at radius 2 is 2.09 bits per heavy atom. The van der Waals surface area contributed by atoms with Gasteiger partial charge in [0, 0.05) is 9.64 Å². The fraction of sp³-hybridized carbons (Fsp3) is 0. The van der Waals surface area contributed by atoms with E-state index >= 15 is 0 Å². The molecule has 0 aliphatic rings. The summed E-state index contributed by atoms with van der Waals surface area (Å²) in [6, 6.07) is 5.25. The highest BCUT2D eigenvalue weighted by atomic mass is 127. The zero-order valence-corrected chi connectivity index (χ0v) is 8.56. The molecule has 1 rings (SSSR count). The third-order valence-electron chi connectivity index (χ3n) is 1.19. The van der Waals surface area contributed by atoms with E-state index < -0.39 is 11.4 Å². The predicted molar refractivity (Wildman–Crippen MR) is 54.2 cm³/mol. The topological polar surface area (TPSA) is 75.1 Å². The first-order valence-corrected chi connectivity index (χ1v) is 5.11. The Morgan fingerprint density at radius 1 is 1.45 bits per heavy atom. The van der Waals surface area contributed by atoms with Crippen molar-refractivity contribution in [3.8, 4) is 0 Å². The van der Waals surface area contributed by atoms with Gasteiger partial charge in [0.1, 0.15) is 0 Å². The summed E-state index contributed by atoms with van der Waals surface area (Å²) in [6.07, 6.45) is 0. The number of anilines is 1. The molecule has 0 amide bonds. The van der Waals surface area contributed by atoms with Crippen LogP contribution in [-0.4, -0.2) is 4.55 Å². The van der Waals surface area contributed by atoms with Gasteiger partial charge in [-0.2, -0.15) is 0 Å². The van der Waals surface area contributed by atoms with Gasteiger partial charge >= 0.3 is 0 Å². The third-order valence-corrected chi connectivity index (χ3v) is 2.65. The summed E-state index contributed by atoms with van der Waals surface area (Å²) in [5.41, 5.74) is 5.99. The molecule has 0 saturated carbocycles. The van der Waals surface area contributed by atoms with Crippen LogP contribution in [0.5, 0.6) is 0 Å². The monoisotopic (exact) mass is 282 g/mol. The Kier molecular flexibility index (Phi) is 2.99. The number of nitrogens with two attached hydrogens (primary N) is 2. The first kappa shape index (κ1) is 9.11.